The van der Waals surface area contributed by atoms with Crippen LogP contribution in [0.15, 0.2) is 23.0 Å². The Morgan fingerprint density at radius 1 is 1.09 bits per heavy atom. The van der Waals surface area contributed by atoms with Gasteiger partial charge in [-0.25, -0.2) is 0 Å². The minimum atomic E-state index is 0.540. The SMILES string of the molecule is c1cnn(CCN2CCCN(Cc3noc(C4CC4)n3)CC2)c1. The van der Waals surface area contributed by atoms with Crippen LogP contribution in [0.5, 0.6) is 0 Å². The molecule has 7 heteroatoms. The highest BCUT2D eigenvalue weighted by atomic mass is 16.5. The van der Waals surface area contributed by atoms with Crippen LogP contribution in [0.3, 0.4) is 0 Å². The van der Waals surface area contributed by atoms with Crippen LogP contribution in [-0.2, 0) is 13.1 Å². The minimum Gasteiger partial charge on any atom is -0.339 e. The topological polar surface area (TPSA) is 63.2 Å². The maximum absolute atomic E-state index is 5.35. The second kappa shape index (κ2) is 6.80. The van der Waals surface area contributed by atoms with Crippen molar-refractivity contribution >= 4 is 0 Å². The summed E-state index contributed by atoms with van der Waals surface area (Å²) in [5.41, 5.74) is 0. The second-order valence-corrected chi connectivity index (χ2v) is 6.56. The van der Waals surface area contributed by atoms with Gasteiger partial charge < -0.3 is 9.42 Å². The Morgan fingerprint density at radius 2 is 1.96 bits per heavy atom. The highest BCUT2D eigenvalue weighted by molar-refractivity contribution is 5.01. The molecule has 0 atom stereocenters. The summed E-state index contributed by atoms with van der Waals surface area (Å²) in [6.45, 7) is 7.24. The molecule has 2 aromatic rings. The van der Waals surface area contributed by atoms with Crippen molar-refractivity contribution in [2.24, 2.45) is 0 Å². The average Bonchev–Trinajstić information content (AvgIpc) is 3.16. The smallest absolute Gasteiger partial charge is 0.229 e. The van der Waals surface area contributed by atoms with Crippen LogP contribution in [0.25, 0.3) is 0 Å². The van der Waals surface area contributed by atoms with Crippen molar-refractivity contribution in [3.8, 4) is 0 Å². The van der Waals surface area contributed by atoms with E-state index in [1.165, 1.54) is 19.3 Å². The van der Waals surface area contributed by atoms with E-state index in [9.17, 15) is 0 Å². The number of hydrogen-bond acceptors (Lipinski definition) is 6. The molecule has 2 aromatic heterocycles. The molecule has 1 saturated carbocycles. The minimum absolute atomic E-state index is 0.540. The first-order valence-corrected chi connectivity index (χ1v) is 8.61. The van der Waals surface area contributed by atoms with E-state index in [4.69, 9.17) is 4.52 Å². The molecule has 1 aliphatic heterocycles. The van der Waals surface area contributed by atoms with Gasteiger partial charge in [0.2, 0.25) is 5.89 Å². The Balaban J connectivity index is 1.25. The van der Waals surface area contributed by atoms with Gasteiger partial charge in [0.05, 0.1) is 13.1 Å². The maximum Gasteiger partial charge on any atom is 0.229 e. The molecule has 4 rings (SSSR count). The van der Waals surface area contributed by atoms with Gasteiger partial charge in [0.1, 0.15) is 0 Å². The highest BCUT2D eigenvalue weighted by Gasteiger charge is 2.29. The molecule has 124 valence electrons. The zero-order valence-electron chi connectivity index (χ0n) is 13.5. The lowest BCUT2D eigenvalue weighted by molar-refractivity contribution is 0.238. The van der Waals surface area contributed by atoms with Crippen LogP contribution in [-0.4, -0.2) is 62.4 Å². The molecule has 0 amide bonds. The third kappa shape index (κ3) is 3.97. The fraction of sp³-hybridized carbons (Fsp3) is 0.688. The molecule has 0 bridgehead atoms. The first-order chi connectivity index (χ1) is 11.4. The van der Waals surface area contributed by atoms with Crippen LogP contribution >= 0.6 is 0 Å². The Morgan fingerprint density at radius 3 is 2.78 bits per heavy atom. The molecular weight excluding hydrogens is 292 g/mol. The van der Waals surface area contributed by atoms with E-state index >= 15 is 0 Å². The van der Waals surface area contributed by atoms with Gasteiger partial charge in [0.25, 0.3) is 0 Å². The van der Waals surface area contributed by atoms with Gasteiger partial charge >= 0.3 is 0 Å². The van der Waals surface area contributed by atoms with E-state index in [-0.39, 0.29) is 0 Å². The lowest BCUT2D eigenvalue weighted by atomic mass is 10.3. The third-order valence-electron chi connectivity index (χ3n) is 4.66. The Kier molecular flexibility index (Phi) is 4.39. The van der Waals surface area contributed by atoms with Crippen molar-refractivity contribution < 1.29 is 4.52 Å². The molecule has 0 N–H and O–H groups in total. The standard InChI is InChI=1S/C16H24N6O/c1-5-17-22(8-1)12-11-20-6-2-7-21(10-9-20)13-15-18-16(23-19-15)14-3-4-14/h1,5,8,14H,2-4,6-7,9-13H2. The number of aromatic nitrogens is 4. The van der Waals surface area contributed by atoms with E-state index < -0.39 is 0 Å². The van der Waals surface area contributed by atoms with Gasteiger partial charge in [-0.05, 0) is 38.4 Å². The summed E-state index contributed by atoms with van der Waals surface area (Å²) in [5, 5.41) is 8.41. The van der Waals surface area contributed by atoms with Gasteiger partial charge in [0, 0.05) is 37.9 Å². The fourth-order valence-electron chi connectivity index (χ4n) is 3.11. The van der Waals surface area contributed by atoms with Crippen molar-refractivity contribution in [1.82, 2.24) is 29.7 Å². The summed E-state index contributed by atoms with van der Waals surface area (Å²) in [7, 11) is 0. The molecule has 0 unspecified atom stereocenters. The molecule has 0 radical (unpaired) electrons. The Bertz CT molecular complexity index is 606. The number of hydrogen-bond donors (Lipinski definition) is 0. The normalized spacial score (nSPS) is 20.7. The van der Waals surface area contributed by atoms with Crippen molar-refractivity contribution in [3.63, 3.8) is 0 Å². The first-order valence-electron chi connectivity index (χ1n) is 8.61. The van der Waals surface area contributed by atoms with E-state index in [1.807, 2.05) is 23.1 Å². The van der Waals surface area contributed by atoms with Gasteiger partial charge in [-0.2, -0.15) is 10.1 Å². The predicted octanol–water partition coefficient (Wildman–Crippen LogP) is 1.35. The summed E-state index contributed by atoms with van der Waals surface area (Å²) in [6.07, 6.45) is 7.46. The summed E-state index contributed by atoms with van der Waals surface area (Å²) in [5.74, 6) is 2.23. The number of nitrogens with zero attached hydrogens (tertiary/aromatic N) is 6. The van der Waals surface area contributed by atoms with Crippen LogP contribution in [0, 0.1) is 0 Å². The molecule has 3 heterocycles. The quantitative estimate of drug-likeness (QED) is 0.802. The molecule has 0 aromatic carbocycles. The van der Waals surface area contributed by atoms with Crippen LogP contribution < -0.4 is 0 Å². The molecular formula is C16H24N6O. The van der Waals surface area contributed by atoms with Gasteiger partial charge in [-0.3, -0.25) is 9.58 Å². The van der Waals surface area contributed by atoms with Crippen LogP contribution in [0.4, 0.5) is 0 Å². The molecule has 23 heavy (non-hydrogen) atoms. The predicted molar refractivity (Wildman–Crippen MR) is 84.8 cm³/mol. The highest BCUT2D eigenvalue weighted by Crippen LogP contribution is 2.38. The zero-order valence-corrected chi connectivity index (χ0v) is 13.5. The van der Waals surface area contributed by atoms with Gasteiger partial charge in [-0.1, -0.05) is 5.16 Å². The fourth-order valence-corrected chi connectivity index (χ4v) is 3.11. The summed E-state index contributed by atoms with van der Waals surface area (Å²) in [4.78, 5) is 9.50. The molecule has 2 aliphatic rings. The van der Waals surface area contributed by atoms with Crippen molar-refractivity contribution in [2.75, 3.05) is 32.7 Å². The van der Waals surface area contributed by atoms with E-state index in [0.717, 1.165) is 57.5 Å². The third-order valence-corrected chi connectivity index (χ3v) is 4.66. The molecule has 1 saturated heterocycles. The molecule has 2 fully saturated rings. The summed E-state index contributed by atoms with van der Waals surface area (Å²) >= 11 is 0. The maximum atomic E-state index is 5.35. The van der Waals surface area contributed by atoms with Crippen LogP contribution in [0.1, 0.15) is 36.9 Å². The van der Waals surface area contributed by atoms with Gasteiger partial charge in [-0.15, -0.1) is 0 Å². The van der Waals surface area contributed by atoms with E-state index in [2.05, 4.69) is 25.0 Å². The largest absolute Gasteiger partial charge is 0.339 e. The Labute approximate surface area is 136 Å². The Hall–Kier alpha value is -1.73. The van der Waals surface area contributed by atoms with Crippen molar-refractivity contribution in [1.29, 1.82) is 0 Å². The summed E-state index contributed by atoms with van der Waals surface area (Å²) in [6, 6.07) is 1.98. The summed E-state index contributed by atoms with van der Waals surface area (Å²) < 4.78 is 7.36. The zero-order chi connectivity index (χ0) is 15.5. The van der Waals surface area contributed by atoms with Gasteiger partial charge in [0.15, 0.2) is 5.82 Å². The first kappa shape index (κ1) is 14.8. The monoisotopic (exact) mass is 316 g/mol. The molecule has 7 nitrogen and oxygen atoms in total. The van der Waals surface area contributed by atoms with Crippen molar-refractivity contribution in [2.45, 2.75) is 38.3 Å². The van der Waals surface area contributed by atoms with E-state index in [0.29, 0.717) is 5.92 Å². The van der Waals surface area contributed by atoms with Crippen LogP contribution in [0.2, 0.25) is 0 Å². The second-order valence-electron chi connectivity index (χ2n) is 6.56. The molecule has 1 aliphatic carbocycles. The lowest BCUT2D eigenvalue weighted by Crippen LogP contribution is -2.32. The molecule has 0 spiro atoms. The average molecular weight is 316 g/mol. The van der Waals surface area contributed by atoms with Crippen molar-refractivity contribution in [3.05, 3.63) is 30.2 Å². The number of rotatable bonds is 6. The van der Waals surface area contributed by atoms with E-state index in [1.54, 1.807) is 0 Å². The lowest BCUT2D eigenvalue weighted by Gasteiger charge is -2.20.